The lowest BCUT2D eigenvalue weighted by Gasteiger charge is -2.38. The van der Waals surface area contributed by atoms with Crippen molar-refractivity contribution in [2.75, 3.05) is 25.1 Å². The van der Waals surface area contributed by atoms with E-state index in [2.05, 4.69) is 83.1 Å². The van der Waals surface area contributed by atoms with E-state index < -0.39 is 23.9 Å². The van der Waals surface area contributed by atoms with E-state index in [1.165, 1.54) is 20.1 Å². The van der Waals surface area contributed by atoms with Gasteiger partial charge in [-0.05, 0) is 114 Å². The maximum absolute atomic E-state index is 14.6. The Morgan fingerprint density at radius 1 is 0.913 bits per heavy atom. The number of methoxy groups -OCH3 is 1. The van der Waals surface area contributed by atoms with Crippen LogP contribution >= 0.6 is 0 Å². The molecule has 2 aliphatic heterocycles. The number of H-pyrrole nitrogens is 1. The third-order valence-electron chi connectivity index (χ3n) is 15.2. The number of ether oxygens (including phenoxy) is 2. The van der Waals surface area contributed by atoms with Crippen molar-refractivity contribution >= 4 is 34.0 Å². The summed E-state index contributed by atoms with van der Waals surface area (Å²) in [6.07, 6.45) is 27.3. The Labute approximate surface area is 404 Å². The maximum Gasteiger partial charge on any atom is 0.302 e. The fraction of sp³-hybridized carbons (Fsp3) is 0.386. The molecule has 4 bridgehead atoms. The minimum absolute atomic E-state index is 0.0186. The number of ketones is 2. The predicted octanol–water partition coefficient (Wildman–Crippen LogP) is 10.4. The third kappa shape index (κ3) is 10.3. The Morgan fingerprint density at radius 3 is 2.51 bits per heavy atom. The van der Waals surface area contributed by atoms with Gasteiger partial charge in [-0.15, -0.1) is 0 Å². The van der Waals surface area contributed by atoms with E-state index in [-0.39, 0.29) is 64.8 Å². The van der Waals surface area contributed by atoms with E-state index in [0.29, 0.717) is 50.8 Å². The van der Waals surface area contributed by atoms with Crippen molar-refractivity contribution < 1.29 is 39.2 Å². The number of nitrogens with zero attached hydrogens (tertiary/aromatic N) is 2. The summed E-state index contributed by atoms with van der Waals surface area (Å²) in [6.45, 7) is 4.56. The lowest BCUT2D eigenvalue weighted by atomic mass is 9.66. The molecule has 9 rings (SSSR count). The number of carbonyl (C=O) groups is 3. The molecule has 1 fully saturated rings. The largest absolute Gasteiger partial charge is 0.508 e. The fourth-order valence-electron chi connectivity index (χ4n) is 11.3. The molecule has 0 saturated heterocycles. The second-order valence-corrected chi connectivity index (χ2v) is 19.6. The molecule has 360 valence electrons. The Balaban J connectivity index is 1.21. The van der Waals surface area contributed by atoms with Gasteiger partial charge in [-0.3, -0.25) is 14.4 Å². The van der Waals surface area contributed by atoms with Gasteiger partial charge in [0, 0.05) is 86.7 Å². The molecule has 5 aromatic rings. The van der Waals surface area contributed by atoms with Crippen molar-refractivity contribution in [3.05, 3.63) is 149 Å². The van der Waals surface area contributed by atoms with Crippen LogP contribution in [0, 0.1) is 17.3 Å². The summed E-state index contributed by atoms with van der Waals surface area (Å²) in [5.74, 6) is 0.0349. The maximum atomic E-state index is 14.6. The number of anilines is 1. The van der Waals surface area contributed by atoms with Gasteiger partial charge in [0.05, 0.1) is 18.8 Å². The number of phenols is 3. The first-order chi connectivity index (χ1) is 33.4. The summed E-state index contributed by atoms with van der Waals surface area (Å²) >= 11 is 0. The number of hydrogen-bond acceptors (Lipinski definition) is 10. The molecule has 12 heteroatoms. The number of phenolic OH excluding ortho intramolecular Hbond substituents is 3. The fourth-order valence-corrected chi connectivity index (χ4v) is 11.3. The summed E-state index contributed by atoms with van der Waals surface area (Å²) in [5.41, 5.74) is 5.42. The number of nitrogens with one attached hydrogen (secondary N) is 2. The highest BCUT2D eigenvalue weighted by Crippen LogP contribution is 2.45. The zero-order valence-electron chi connectivity index (χ0n) is 39.8. The molecule has 1 spiro atoms. The van der Waals surface area contributed by atoms with Crippen molar-refractivity contribution in [3.63, 3.8) is 0 Å². The topological polar surface area (TPSA) is 166 Å². The number of fused-ring (bicyclic) bond motifs is 3. The normalized spacial score (nSPS) is 23.5. The van der Waals surface area contributed by atoms with Crippen LogP contribution in [0.15, 0.2) is 127 Å². The second kappa shape index (κ2) is 20.3. The molecule has 3 aromatic carbocycles. The standard InChI is InChI=1S/C57H64N4O8/c1-36-10-6-7-20-57(36)21-17-47(69-37(2)62)29-46(64)30-51(42-26-53(66)56(67)54(27-42)68-3)60-34-41-14-9-16-50(49(41)35-60)61(23-19-52(65)38-11-4-5-12-38)55-28-40(18-22-59-55)48(39-13-8-15-45(63)24-39)25-43-32-58-33-44(43)31-57/h6-10,13-16,18,20,24,26-28,32-36,38,47-48,51,58-59,63,66-67H,4-5,11-12,17,19,21-23,25,29-31H2,1-3H3. The molecular weight excluding hydrogens is 869 g/mol. The van der Waals surface area contributed by atoms with Crippen LogP contribution in [-0.2, 0) is 32.0 Å². The van der Waals surface area contributed by atoms with Crippen LogP contribution < -0.4 is 15.0 Å². The quantitative estimate of drug-likeness (QED) is 0.0747. The molecule has 69 heavy (non-hydrogen) atoms. The number of allylic oxidation sites excluding steroid dienone is 6. The lowest BCUT2D eigenvalue weighted by Crippen LogP contribution is -2.36. The van der Waals surface area contributed by atoms with Crippen molar-refractivity contribution in [1.29, 1.82) is 0 Å². The van der Waals surface area contributed by atoms with E-state index in [1.807, 2.05) is 41.2 Å². The molecule has 5 N–H and O–H groups in total. The first-order valence-corrected chi connectivity index (χ1v) is 24.5. The van der Waals surface area contributed by atoms with Crippen molar-refractivity contribution in [2.24, 2.45) is 17.3 Å². The number of aromatic hydroxyl groups is 3. The van der Waals surface area contributed by atoms with E-state index in [0.717, 1.165) is 70.2 Å². The minimum Gasteiger partial charge on any atom is -0.508 e. The number of hydrogen-bond donors (Lipinski definition) is 5. The Kier molecular flexibility index (Phi) is 13.9. The van der Waals surface area contributed by atoms with Crippen LogP contribution in [0.2, 0.25) is 0 Å². The smallest absolute Gasteiger partial charge is 0.302 e. The Hall–Kier alpha value is -6.95. The molecule has 0 radical (unpaired) electrons. The van der Waals surface area contributed by atoms with Gasteiger partial charge in [0.25, 0.3) is 0 Å². The first kappa shape index (κ1) is 47.1. The van der Waals surface area contributed by atoms with E-state index in [9.17, 15) is 29.7 Å². The van der Waals surface area contributed by atoms with Gasteiger partial charge in [-0.1, -0.05) is 74.4 Å². The van der Waals surface area contributed by atoms with Crippen molar-refractivity contribution in [3.8, 4) is 23.0 Å². The molecule has 4 aliphatic rings. The van der Waals surface area contributed by atoms with Gasteiger partial charge < -0.3 is 44.6 Å². The highest BCUT2D eigenvalue weighted by Gasteiger charge is 2.37. The third-order valence-corrected chi connectivity index (χ3v) is 15.2. The molecule has 1 saturated carbocycles. The van der Waals surface area contributed by atoms with Crippen LogP contribution in [0.3, 0.4) is 0 Å². The van der Waals surface area contributed by atoms with Gasteiger partial charge in [0.2, 0.25) is 5.75 Å². The highest BCUT2D eigenvalue weighted by atomic mass is 16.5. The molecule has 5 atom stereocenters. The number of Topliss-reactive ketones (excluding diaryl/α,β-unsaturated/α-hetero) is 2. The number of benzene rings is 3. The zero-order chi connectivity index (χ0) is 48.2. The second-order valence-electron chi connectivity index (χ2n) is 19.6. The Bertz CT molecular complexity index is 2840. The molecular formula is C57H64N4O8. The number of esters is 1. The number of aromatic nitrogens is 2. The monoisotopic (exact) mass is 932 g/mol. The highest BCUT2D eigenvalue weighted by molar-refractivity contribution is 5.95. The van der Waals surface area contributed by atoms with Gasteiger partial charge in [0.15, 0.2) is 11.5 Å². The number of dihydropyridines is 1. The van der Waals surface area contributed by atoms with Crippen molar-refractivity contribution in [1.82, 2.24) is 14.9 Å². The lowest BCUT2D eigenvalue weighted by molar-refractivity contribution is -0.148. The average Bonchev–Trinajstić information content (AvgIpc) is 4.13. The van der Waals surface area contributed by atoms with Crippen LogP contribution in [0.25, 0.3) is 10.8 Å². The predicted molar refractivity (Wildman–Crippen MR) is 267 cm³/mol. The summed E-state index contributed by atoms with van der Waals surface area (Å²) in [5, 5.41) is 38.1. The average molecular weight is 933 g/mol. The van der Waals surface area contributed by atoms with E-state index in [1.54, 1.807) is 12.1 Å². The van der Waals surface area contributed by atoms with E-state index >= 15 is 0 Å². The van der Waals surface area contributed by atoms with Crippen LogP contribution in [0.4, 0.5) is 5.69 Å². The molecule has 2 aliphatic carbocycles. The van der Waals surface area contributed by atoms with Crippen LogP contribution in [0.5, 0.6) is 23.0 Å². The molecule has 2 aromatic heterocycles. The summed E-state index contributed by atoms with van der Waals surface area (Å²) < 4.78 is 13.4. The van der Waals surface area contributed by atoms with Gasteiger partial charge in [0.1, 0.15) is 29.2 Å². The number of aromatic amines is 1. The number of rotatable bonds is 8. The van der Waals surface area contributed by atoms with Crippen LogP contribution in [0.1, 0.15) is 106 Å². The summed E-state index contributed by atoms with van der Waals surface area (Å²) in [7, 11) is 1.41. The van der Waals surface area contributed by atoms with Gasteiger partial charge in [-0.2, -0.15) is 0 Å². The van der Waals surface area contributed by atoms with Crippen LogP contribution in [-0.4, -0.2) is 68.7 Å². The zero-order valence-corrected chi connectivity index (χ0v) is 39.8. The molecule has 12 nitrogen and oxygen atoms in total. The van der Waals surface area contributed by atoms with Gasteiger partial charge >= 0.3 is 5.97 Å². The molecule has 5 unspecified atom stereocenters. The SMILES string of the molecule is COc1cc(C2CC(=O)CC(OC(C)=O)CCC3(C=CC=CC3C)Cc3c[nH]cc3CC(c3cccc(O)c3)C3=CCNC(=C3)N(CCC(=O)C3CCCC3)c3cccc4cn2cc34)cc(O)c1O. The summed E-state index contributed by atoms with van der Waals surface area (Å²) in [4.78, 5) is 46.9. The Morgan fingerprint density at radius 2 is 1.72 bits per heavy atom. The number of carbonyl (C=O) groups excluding carboxylic acids is 3. The molecule has 4 heterocycles. The minimum atomic E-state index is -0.695. The van der Waals surface area contributed by atoms with Gasteiger partial charge in [-0.25, -0.2) is 0 Å². The van der Waals surface area contributed by atoms with Crippen molar-refractivity contribution in [2.45, 2.75) is 103 Å². The summed E-state index contributed by atoms with van der Waals surface area (Å²) in [6, 6.07) is 16.0. The molecule has 0 amide bonds. The first-order valence-electron chi connectivity index (χ1n) is 24.5. The van der Waals surface area contributed by atoms with E-state index in [4.69, 9.17) is 9.47 Å².